The molecule has 8 heteroatoms. The lowest BCUT2D eigenvalue weighted by Gasteiger charge is -2.20. The molecule has 4 heterocycles. The van der Waals surface area contributed by atoms with Gasteiger partial charge in [0.2, 0.25) is 5.91 Å². The highest BCUT2D eigenvalue weighted by Crippen LogP contribution is 2.38. The lowest BCUT2D eigenvalue weighted by Crippen LogP contribution is -2.22. The number of hydrogen-bond donors (Lipinski definition) is 1. The van der Waals surface area contributed by atoms with Crippen LogP contribution >= 0.6 is 11.3 Å². The molecule has 1 aromatic carbocycles. The van der Waals surface area contributed by atoms with Gasteiger partial charge in [-0.3, -0.25) is 9.20 Å². The molecule has 0 radical (unpaired) electrons. The van der Waals surface area contributed by atoms with Crippen molar-refractivity contribution in [2.75, 3.05) is 7.11 Å². The molecule has 0 saturated heterocycles. The van der Waals surface area contributed by atoms with Crippen LogP contribution in [0.5, 0.6) is 5.75 Å². The second-order valence-corrected chi connectivity index (χ2v) is 7.28. The predicted octanol–water partition coefficient (Wildman–Crippen LogP) is 2.74. The Kier molecular flexibility index (Phi) is 3.71. The third-order valence-corrected chi connectivity index (χ3v) is 5.67. The zero-order valence-electron chi connectivity index (χ0n) is 14.6. The van der Waals surface area contributed by atoms with E-state index in [1.54, 1.807) is 24.6 Å². The van der Waals surface area contributed by atoms with E-state index in [2.05, 4.69) is 14.8 Å². The first-order valence-corrected chi connectivity index (χ1v) is 9.51. The van der Waals surface area contributed by atoms with E-state index in [1.807, 2.05) is 46.7 Å². The van der Waals surface area contributed by atoms with Crippen LogP contribution in [0.1, 0.15) is 29.3 Å². The Bertz CT molecular complexity index is 1130. The number of carbonyl (C=O) groups excluding carboxylic acids is 1. The molecule has 0 aliphatic carbocycles. The van der Waals surface area contributed by atoms with E-state index in [-0.39, 0.29) is 11.8 Å². The standard InChI is InChI=1S/C19H17N5O2S/c1-26-12-3-4-16(24-6-2-5-21-24)13(9-12)14-10-17(25)20-11-15-18(14)23-7-8-27-19(23)22-15/h2-9,14H,10-11H2,1H3,(H,20,25). The summed E-state index contributed by atoms with van der Waals surface area (Å²) in [6, 6.07) is 7.77. The summed E-state index contributed by atoms with van der Waals surface area (Å²) >= 11 is 1.59. The maximum Gasteiger partial charge on any atom is 0.221 e. The number of methoxy groups -OCH3 is 1. The monoisotopic (exact) mass is 379 g/mol. The minimum atomic E-state index is -0.151. The van der Waals surface area contributed by atoms with Gasteiger partial charge in [-0.05, 0) is 29.8 Å². The first-order chi connectivity index (χ1) is 13.2. The molecule has 0 spiro atoms. The first-order valence-electron chi connectivity index (χ1n) is 8.63. The van der Waals surface area contributed by atoms with Crippen LogP contribution in [-0.2, 0) is 11.3 Å². The molecule has 7 nitrogen and oxygen atoms in total. The number of benzene rings is 1. The van der Waals surface area contributed by atoms with Crippen LogP contribution in [0.3, 0.4) is 0 Å². The molecule has 0 fully saturated rings. The van der Waals surface area contributed by atoms with Crippen LogP contribution in [0.4, 0.5) is 0 Å². The van der Waals surface area contributed by atoms with Crippen LogP contribution in [0.25, 0.3) is 10.6 Å². The molecule has 5 rings (SSSR count). The number of amides is 1. The highest BCUT2D eigenvalue weighted by molar-refractivity contribution is 7.15. The van der Waals surface area contributed by atoms with E-state index >= 15 is 0 Å². The Morgan fingerprint density at radius 2 is 2.26 bits per heavy atom. The molecule has 0 saturated carbocycles. The first kappa shape index (κ1) is 16.1. The van der Waals surface area contributed by atoms with Crippen LogP contribution in [0.15, 0.2) is 48.2 Å². The summed E-state index contributed by atoms with van der Waals surface area (Å²) in [4.78, 5) is 18.1. The molecule has 1 amide bonds. The summed E-state index contributed by atoms with van der Waals surface area (Å²) in [5.41, 5.74) is 3.87. The molecule has 1 atom stereocenters. The van der Waals surface area contributed by atoms with E-state index in [0.717, 1.165) is 33.3 Å². The van der Waals surface area contributed by atoms with Crippen LogP contribution in [0.2, 0.25) is 0 Å². The summed E-state index contributed by atoms with van der Waals surface area (Å²) in [6.07, 6.45) is 6.01. The zero-order chi connectivity index (χ0) is 18.4. The Morgan fingerprint density at radius 3 is 3.07 bits per heavy atom. The molecule has 1 aliphatic rings. The number of nitrogens with zero attached hydrogens (tertiary/aromatic N) is 4. The third-order valence-electron chi connectivity index (χ3n) is 4.91. The van der Waals surface area contributed by atoms with Gasteiger partial charge in [0, 0.05) is 36.3 Å². The Morgan fingerprint density at radius 1 is 1.33 bits per heavy atom. The fourth-order valence-electron chi connectivity index (χ4n) is 3.70. The van der Waals surface area contributed by atoms with Crippen molar-refractivity contribution < 1.29 is 9.53 Å². The van der Waals surface area contributed by atoms with Gasteiger partial charge in [-0.25, -0.2) is 9.67 Å². The molecule has 1 aliphatic heterocycles. The fraction of sp³-hybridized carbons (Fsp3) is 0.211. The van der Waals surface area contributed by atoms with Gasteiger partial charge in [-0.15, -0.1) is 11.3 Å². The molecular weight excluding hydrogens is 362 g/mol. The molecule has 27 heavy (non-hydrogen) atoms. The van der Waals surface area contributed by atoms with E-state index in [1.165, 1.54) is 0 Å². The average Bonchev–Trinajstić information content (AvgIpc) is 3.40. The highest BCUT2D eigenvalue weighted by Gasteiger charge is 2.31. The van der Waals surface area contributed by atoms with Gasteiger partial charge in [0.15, 0.2) is 4.96 Å². The third kappa shape index (κ3) is 2.60. The molecule has 0 bridgehead atoms. The van der Waals surface area contributed by atoms with E-state index in [9.17, 15) is 4.79 Å². The highest BCUT2D eigenvalue weighted by atomic mass is 32.1. The lowest BCUT2D eigenvalue weighted by atomic mass is 9.90. The van der Waals surface area contributed by atoms with Gasteiger partial charge < -0.3 is 10.1 Å². The van der Waals surface area contributed by atoms with Gasteiger partial charge in [-0.1, -0.05) is 0 Å². The van der Waals surface area contributed by atoms with Crippen LogP contribution in [0, 0.1) is 0 Å². The number of rotatable bonds is 3. The van der Waals surface area contributed by atoms with Crippen molar-refractivity contribution in [3.05, 3.63) is 65.2 Å². The van der Waals surface area contributed by atoms with E-state index in [0.29, 0.717) is 13.0 Å². The maximum atomic E-state index is 12.5. The summed E-state index contributed by atoms with van der Waals surface area (Å²) in [5.74, 6) is 0.607. The normalized spacial score (nSPS) is 16.8. The summed E-state index contributed by atoms with van der Waals surface area (Å²) in [5, 5.41) is 9.37. The van der Waals surface area contributed by atoms with Gasteiger partial charge in [0.1, 0.15) is 5.75 Å². The van der Waals surface area contributed by atoms with Crippen molar-refractivity contribution in [3.8, 4) is 11.4 Å². The number of thiazole rings is 1. The second kappa shape index (κ2) is 6.24. The smallest absolute Gasteiger partial charge is 0.221 e. The molecule has 1 unspecified atom stereocenters. The lowest BCUT2D eigenvalue weighted by molar-refractivity contribution is -0.121. The Balaban J connectivity index is 1.77. The van der Waals surface area contributed by atoms with Crippen molar-refractivity contribution in [2.45, 2.75) is 18.9 Å². The van der Waals surface area contributed by atoms with E-state index < -0.39 is 0 Å². The second-order valence-electron chi connectivity index (χ2n) is 6.41. The number of carbonyl (C=O) groups is 1. The van der Waals surface area contributed by atoms with Gasteiger partial charge in [0.25, 0.3) is 0 Å². The van der Waals surface area contributed by atoms with Crippen molar-refractivity contribution in [3.63, 3.8) is 0 Å². The summed E-state index contributed by atoms with van der Waals surface area (Å²) in [6.45, 7) is 0.445. The minimum absolute atomic E-state index is 0.0104. The van der Waals surface area contributed by atoms with Crippen molar-refractivity contribution in [2.24, 2.45) is 0 Å². The number of aromatic nitrogens is 4. The zero-order valence-corrected chi connectivity index (χ0v) is 15.4. The average molecular weight is 379 g/mol. The maximum absolute atomic E-state index is 12.5. The van der Waals surface area contributed by atoms with Gasteiger partial charge >= 0.3 is 0 Å². The van der Waals surface area contributed by atoms with Crippen molar-refractivity contribution in [1.82, 2.24) is 24.5 Å². The van der Waals surface area contributed by atoms with Crippen LogP contribution < -0.4 is 10.1 Å². The molecule has 4 aromatic rings. The van der Waals surface area contributed by atoms with Crippen molar-refractivity contribution >= 4 is 22.2 Å². The van der Waals surface area contributed by atoms with Crippen LogP contribution in [-0.4, -0.2) is 32.2 Å². The minimum Gasteiger partial charge on any atom is -0.497 e. The quantitative estimate of drug-likeness (QED) is 0.594. The number of imidazole rings is 1. The largest absolute Gasteiger partial charge is 0.497 e. The SMILES string of the molecule is COc1ccc(-n2cccn2)c(C2CC(=O)NCc3nc4sccn4c32)c1. The number of nitrogens with one attached hydrogen (secondary N) is 1. The van der Waals surface area contributed by atoms with E-state index in [4.69, 9.17) is 9.72 Å². The topological polar surface area (TPSA) is 73.5 Å². The number of hydrogen-bond acceptors (Lipinski definition) is 5. The van der Waals surface area contributed by atoms with Gasteiger partial charge in [-0.2, -0.15) is 5.10 Å². The van der Waals surface area contributed by atoms with Gasteiger partial charge in [0.05, 0.1) is 30.7 Å². The Hall–Kier alpha value is -3.13. The molecular formula is C19H17N5O2S. The predicted molar refractivity (Wildman–Crippen MR) is 101 cm³/mol. The fourth-order valence-corrected chi connectivity index (χ4v) is 4.44. The molecule has 136 valence electrons. The molecule has 3 aromatic heterocycles. The van der Waals surface area contributed by atoms with Crippen molar-refractivity contribution in [1.29, 1.82) is 0 Å². The summed E-state index contributed by atoms with van der Waals surface area (Å²) < 4.78 is 9.38. The number of fused-ring (bicyclic) bond motifs is 3. The number of ether oxygens (including phenoxy) is 1. The summed E-state index contributed by atoms with van der Waals surface area (Å²) in [7, 11) is 1.65. The Labute approximate surface area is 159 Å². The molecule has 1 N–H and O–H groups in total.